The molecule has 0 radical (unpaired) electrons. The Labute approximate surface area is 638 Å². The van der Waals surface area contributed by atoms with Crippen LogP contribution in [0.25, 0.3) is 79.8 Å². The number of carboxylic acids is 1. The highest BCUT2D eigenvalue weighted by Crippen LogP contribution is 2.34. The fourth-order valence-corrected chi connectivity index (χ4v) is 13.4. The Bertz CT molecular complexity index is 5490. The van der Waals surface area contributed by atoms with Crippen molar-refractivity contribution in [3.05, 3.63) is 172 Å². The molecule has 572 valence electrons. The summed E-state index contributed by atoms with van der Waals surface area (Å²) in [5.74, 6) is -0.790. The average molecular weight is 1610 g/mol. The second-order valence-corrected chi connectivity index (χ2v) is 34.6. The van der Waals surface area contributed by atoms with Crippen LogP contribution in [0.5, 0.6) is 0 Å². The first kappa shape index (κ1) is 83.1. The van der Waals surface area contributed by atoms with Crippen molar-refractivity contribution < 1.29 is 63.1 Å². The number of methoxy groups -OCH3 is 1. The summed E-state index contributed by atoms with van der Waals surface area (Å²) in [6.45, 7) is 21.7. The average Bonchev–Trinajstić information content (AvgIpc) is 1.78. The molecule has 0 spiro atoms. The smallest absolute Gasteiger partial charge is 0.410 e. The fourth-order valence-electron chi connectivity index (χ4n) is 9.98. The highest BCUT2D eigenvalue weighted by molar-refractivity contribution is 9.10. The lowest BCUT2D eigenvalue weighted by atomic mass is 10.0. The number of nitrogens with two attached hydrogens (primary N) is 4. The molecule has 35 heteroatoms. The maximum absolute atomic E-state index is 12.5. The molecule has 6 aromatic heterocycles. The lowest BCUT2D eigenvalue weighted by Gasteiger charge is -2.24. The van der Waals surface area contributed by atoms with Crippen LogP contribution in [0.1, 0.15) is 119 Å². The molecule has 5 aromatic carbocycles. The zero-order valence-electron chi connectivity index (χ0n) is 62.0. The van der Waals surface area contributed by atoms with E-state index in [0.29, 0.717) is 50.8 Å². The Morgan fingerprint density at radius 1 is 0.523 bits per heavy atom. The first-order valence-corrected chi connectivity index (χ1v) is 39.0. The number of benzene rings is 5. The number of aryl methyl sites for hydroxylation is 3. The summed E-state index contributed by atoms with van der Waals surface area (Å²) in [4.78, 5) is 69.3. The van der Waals surface area contributed by atoms with E-state index in [-0.39, 0.29) is 78.4 Å². The summed E-state index contributed by atoms with van der Waals surface area (Å²) in [6, 6.07) is 30.8. The summed E-state index contributed by atoms with van der Waals surface area (Å²) < 4.78 is 95.9. The summed E-state index contributed by atoms with van der Waals surface area (Å²) in [5, 5.41) is 24.1. The summed E-state index contributed by atoms with van der Waals surface area (Å²) in [5.41, 5.74) is 31.4. The maximum atomic E-state index is 12.5. The zero-order chi connectivity index (χ0) is 80.2. The molecule has 0 atom stereocenters. The third-order valence-corrected chi connectivity index (χ3v) is 22.9. The van der Waals surface area contributed by atoms with Crippen molar-refractivity contribution >= 4 is 86.7 Å². The minimum Gasteiger partial charge on any atom is -0.476 e. The van der Waals surface area contributed by atoms with E-state index in [1.807, 2.05) is 58.9 Å². The number of nitrogens with zero attached hydrogens (tertiary/aromatic N) is 13. The molecule has 0 unspecified atom stereocenters. The first-order chi connectivity index (χ1) is 51.2. The van der Waals surface area contributed by atoms with Gasteiger partial charge >= 0.3 is 18.0 Å². The van der Waals surface area contributed by atoms with Crippen LogP contribution < -0.4 is 22.9 Å². The first-order valence-electron chi connectivity index (χ1n) is 33.6. The molecule has 11 rings (SSSR count). The second kappa shape index (κ2) is 35.0. The normalized spacial score (nSPS) is 11.6. The number of halogens is 1. The molecular weight excluding hydrogens is 1530 g/mol. The monoisotopic (exact) mass is 1610 g/mol. The number of hydrogen-bond donors (Lipinski definition) is 5. The van der Waals surface area contributed by atoms with Crippen molar-refractivity contribution in [2.75, 3.05) is 37.1 Å². The van der Waals surface area contributed by atoms with Crippen LogP contribution in [0.4, 0.5) is 28.1 Å². The Balaban J connectivity index is 0.000000197. The number of ether oxygens (including phenoxy) is 2. The SMILES string of the molecule is CC(C)S(=O)(=O)c1ccc(-c2cnc(N)c(C(=O)O)n2)cc1.CCCc1ccc(-c2nnc(-c3nc(-c4ccc(S(=O)(=O)C(C)C)cc4)cnc3N)o2)c(C)c1.COC(=O)c1nc(Br)cnc1N.Cc1cc(CN(C)C(=O)OC(C)(C)C)ccc1-c1nnc(-c2nc(-c3ccc(S(=O)(=O)C(C)C)cc3)cnc2N)o1. The van der Waals surface area contributed by atoms with Gasteiger partial charge in [0.15, 0.2) is 75.6 Å². The third kappa shape index (κ3) is 20.6. The number of amides is 1. The molecule has 109 heavy (non-hydrogen) atoms. The van der Waals surface area contributed by atoms with Gasteiger partial charge < -0.3 is 51.2 Å². The largest absolute Gasteiger partial charge is 0.476 e. The molecular formula is C74H82BrN17O14S3. The Hall–Kier alpha value is -11.6. The number of aromatic carboxylic acids is 1. The number of carbonyl (C=O) groups excluding carboxylic acids is 2. The van der Waals surface area contributed by atoms with Crippen LogP contribution in [-0.2, 0) is 52.0 Å². The molecule has 0 aliphatic heterocycles. The molecule has 0 fully saturated rings. The summed E-state index contributed by atoms with van der Waals surface area (Å²) in [7, 11) is -7.17. The highest BCUT2D eigenvalue weighted by Gasteiger charge is 2.26. The highest BCUT2D eigenvalue weighted by atomic mass is 79.9. The number of carboxylic acid groups (broad SMARTS) is 1. The Morgan fingerprint density at radius 2 is 0.890 bits per heavy atom. The van der Waals surface area contributed by atoms with Crippen molar-refractivity contribution in [1.29, 1.82) is 0 Å². The fraction of sp³-hybridized carbons (Fsp3) is 0.284. The molecule has 9 N–H and O–H groups in total. The van der Waals surface area contributed by atoms with Gasteiger partial charge in [-0.15, -0.1) is 20.4 Å². The number of carbonyl (C=O) groups is 3. The van der Waals surface area contributed by atoms with Gasteiger partial charge in [0.05, 0.1) is 79.4 Å². The van der Waals surface area contributed by atoms with E-state index < -0.39 is 68.9 Å². The van der Waals surface area contributed by atoms with Gasteiger partial charge in [0.1, 0.15) is 10.2 Å². The lowest BCUT2D eigenvalue weighted by Crippen LogP contribution is -2.33. The zero-order valence-corrected chi connectivity index (χ0v) is 66.1. The van der Waals surface area contributed by atoms with E-state index in [0.717, 1.165) is 40.7 Å². The predicted octanol–water partition coefficient (Wildman–Crippen LogP) is 12.4. The number of hydrogen-bond acceptors (Lipinski definition) is 29. The van der Waals surface area contributed by atoms with Crippen LogP contribution in [-0.4, -0.2) is 149 Å². The van der Waals surface area contributed by atoms with E-state index in [2.05, 4.69) is 100.0 Å². The minimum absolute atomic E-state index is 0.0203. The van der Waals surface area contributed by atoms with Gasteiger partial charge in [0.2, 0.25) is 11.8 Å². The van der Waals surface area contributed by atoms with E-state index in [1.165, 1.54) is 54.5 Å². The topological polar surface area (TPSA) is 481 Å². The van der Waals surface area contributed by atoms with Gasteiger partial charge in [-0.25, -0.2) is 79.5 Å². The molecule has 1 amide bonds. The quantitative estimate of drug-likeness (QED) is 0.0469. The van der Waals surface area contributed by atoms with E-state index in [4.69, 9.17) is 41.6 Å². The molecule has 31 nitrogen and oxygen atoms in total. The number of aromatic nitrogens is 12. The molecule has 11 aromatic rings. The minimum atomic E-state index is -3.39. The predicted molar refractivity (Wildman–Crippen MR) is 414 cm³/mol. The van der Waals surface area contributed by atoms with E-state index in [1.54, 1.807) is 109 Å². The standard InChI is InChI=1S/C29H34N6O5S.C25H27N5O3S.C14H15N3O4S.C6H6BrN3O2/c1-17(2)41(37,38)21-11-9-20(10-12-21)23-15-31-25(30)24(32-23)27-34-33-26(39-27)22-13-8-19(14-18(22)3)16-35(7)28(36)40-29(4,5)6;1-5-6-17-7-12-20(16(4)13-17)24-29-30-25(33-24)22-23(26)27-14-21(28-22)18-8-10-19(11-9-18)34(31,32)15(2)3;1-8(2)22(20,21)10-5-3-9(4-6-10)11-7-16-13(15)12(17-11)14(18)19;1-12-6(11)4-5(8)9-2-3(7)10-4/h8-15,17H,16H2,1-7H3,(H2,30,31);7-15H,5-6H2,1-4H3,(H2,26,27);3-8H,1-2H3,(H2,15,16)(H,18,19);2H,1H3,(H2,8,9). The molecule has 0 aliphatic carbocycles. The lowest BCUT2D eigenvalue weighted by molar-refractivity contribution is 0.0284. The van der Waals surface area contributed by atoms with Gasteiger partial charge in [-0.2, -0.15) is 0 Å². The number of rotatable bonds is 19. The molecule has 0 saturated heterocycles. The summed E-state index contributed by atoms with van der Waals surface area (Å²) in [6.07, 6.45) is 7.46. The van der Waals surface area contributed by atoms with Crippen LogP contribution >= 0.6 is 15.9 Å². The number of anilines is 4. The molecule has 6 heterocycles. The number of esters is 1. The van der Waals surface area contributed by atoms with Crippen LogP contribution in [0.15, 0.2) is 162 Å². The molecule has 0 bridgehead atoms. The van der Waals surface area contributed by atoms with Crippen molar-refractivity contribution in [3.8, 4) is 79.8 Å². The van der Waals surface area contributed by atoms with Crippen LogP contribution in [0.2, 0.25) is 0 Å². The van der Waals surface area contributed by atoms with Crippen molar-refractivity contribution in [2.24, 2.45) is 0 Å². The van der Waals surface area contributed by atoms with Crippen LogP contribution in [0, 0.1) is 13.8 Å². The Kier molecular flexibility index (Phi) is 26.7. The Morgan fingerprint density at radius 3 is 1.27 bits per heavy atom. The third-order valence-electron chi connectivity index (χ3n) is 16.0. The van der Waals surface area contributed by atoms with Gasteiger partial charge in [-0.1, -0.05) is 74.0 Å². The number of nitrogen functional groups attached to an aromatic ring is 4. The second-order valence-electron chi connectivity index (χ2n) is 26.3. The van der Waals surface area contributed by atoms with Crippen molar-refractivity contribution in [1.82, 2.24) is 65.2 Å². The molecule has 0 saturated carbocycles. The van der Waals surface area contributed by atoms with Crippen molar-refractivity contribution in [2.45, 2.75) is 139 Å². The van der Waals surface area contributed by atoms with Gasteiger partial charge in [-0.05, 0) is 169 Å². The van der Waals surface area contributed by atoms with E-state index in [9.17, 15) is 39.6 Å². The van der Waals surface area contributed by atoms with Gasteiger partial charge in [0.25, 0.3) is 11.8 Å². The maximum Gasteiger partial charge on any atom is 0.410 e. The van der Waals surface area contributed by atoms with Gasteiger partial charge in [0, 0.05) is 41.4 Å². The number of sulfone groups is 3. The molecule has 0 aliphatic rings. The summed E-state index contributed by atoms with van der Waals surface area (Å²) >= 11 is 3.06. The van der Waals surface area contributed by atoms with Gasteiger partial charge in [-0.3, -0.25) is 0 Å². The van der Waals surface area contributed by atoms with Crippen LogP contribution in [0.3, 0.4) is 0 Å². The van der Waals surface area contributed by atoms with Crippen molar-refractivity contribution in [3.63, 3.8) is 0 Å². The van der Waals surface area contributed by atoms with E-state index >= 15 is 0 Å².